The lowest BCUT2D eigenvalue weighted by atomic mass is 9.75. The molecule has 5 atom stereocenters. The van der Waals surface area contributed by atoms with Crippen LogP contribution < -0.4 is 5.32 Å². The van der Waals surface area contributed by atoms with Crippen molar-refractivity contribution in [2.45, 2.75) is 65.2 Å². The third kappa shape index (κ3) is 7.26. The van der Waals surface area contributed by atoms with Crippen LogP contribution in [0.1, 0.15) is 58.6 Å². The monoisotopic (exact) mass is 369 g/mol. The molecule has 0 aliphatic heterocycles. The van der Waals surface area contributed by atoms with Crippen molar-refractivity contribution in [1.29, 1.82) is 0 Å². The molecule has 1 aliphatic carbocycles. The Labute approximate surface area is 160 Å². The first-order chi connectivity index (χ1) is 11.5. The number of aliphatic hydroxyl groups excluding tert-OH is 1. The maximum Gasteiger partial charge on any atom is 0.0898 e. The molecule has 1 aromatic carbocycles. The number of halogens is 1. The quantitative estimate of drug-likeness (QED) is 0.703. The first-order valence-electron chi connectivity index (χ1n) is 9.55. The minimum Gasteiger partial charge on any atom is -0.389 e. The topological polar surface area (TPSA) is 41.5 Å². The average molecular weight is 370 g/mol. The number of rotatable bonds is 8. The second kappa shape index (κ2) is 11.2. The molecule has 1 fully saturated rings. The highest BCUT2D eigenvalue weighted by atomic mass is 35.5. The Morgan fingerprint density at radius 3 is 2.48 bits per heavy atom. The first-order valence-corrected chi connectivity index (χ1v) is 9.55. The number of benzene rings is 1. The number of ether oxygens (including phenoxy) is 1. The number of hydrogen-bond donors (Lipinski definition) is 2. The van der Waals surface area contributed by atoms with E-state index >= 15 is 0 Å². The van der Waals surface area contributed by atoms with Crippen LogP contribution in [0.25, 0.3) is 0 Å². The maximum absolute atomic E-state index is 10.3. The van der Waals surface area contributed by atoms with E-state index in [2.05, 4.69) is 45.1 Å². The fraction of sp³-hybridized carbons (Fsp3) is 0.714. The van der Waals surface area contributed by atoms with E-state index in [1.165, 1.54) is 18.4 Å². The van der Waals surface area contributed by atoms with Crippen LogP contribution in [0.15, 0.2) is 30.3 Å². The average Bonchev–Trinajstić information content (AvgIpc) is 2.58. The summed E-state index contributed by atoms with van der Waals surface area (Å²) in [5, 5.41) is 13.7. The molecular weight excluding hydrogens is 334 g/mol. The summed E-state index contributed by atoms with van der Waals surface area (Å²) < 4.78 is 6.14. The van der Waals surface area contributed by atoms with Gasteiger partial charge in [-0.1, -0.05) is 57.5 Å². The Balaban J connectivity index is 0.00000312. The molecule has 1 aliphatic rings. The van der Waals surface area contributed by atoms with Gasteiger partial charge in [0.2, 0.25) is 0 Å². The zero-order valence-corrected chi connectivity index (χ0v) is 17.0. The molecule has 0 bridgehead atoms. The van der Waals surface area contributed by atoms with Crippen LogP contribution in [0, 0.1) is 17.8 Å². The van der Waals surface area contributed by atoms with Gasteiger partial charge in [-0.2, -0.15) is 0 Å². The van der Waals surface area contributed by atoms with Crippen molar-refractivity contribution >= 4 is 12.4 Å². The molecule has 1 aromatic rings. The Morgan fingerprint density at radius 1 is 1.16 bits per heavy atom. The van der Waals surface area contributed by atoms with Crippen molar-refractivity contribution < 1.29 is 9.84 Å². The van der Waals surface area contributed by atoms with Gasteiger partial charge in [-0.15, -0.1) is 12.4 Å². The summed E-state index contributed by atoms with van der Waals surface area (Å²) >= 11 is 0. The van der Waals surface area contributed by atoms with Gasteiger partial charge in [0, 0.05) is 12.6 Å². The van der Waals surface area contributed by atoms with Crippen molar-refractivity contribution in [2.75, 3.05) is 13.2 Å². The molecular formula is C21H36ClNO2. The minimum absolute atomic E-state index is 0. The second-order valence-electron chi connectivity index (χ2n) is 7.89. The van der Waals surface area contributed by atoms with E-state index in [9.17, 15) is 5.11 Å². The summed E-state index contributed by atoms with van der Waals surface area (Å²) in [6.45, 7) is 10.00. The third-order valence-electron chi connectivity index (χ3n) is 5.42. The number of aliphatic hydroxyl groups is 1. The van der Waals surface area contributed by atoms with Gasteiger partial charge in [0.25, 0.3) is 0 Å². The SMILES string of the molecule is CC1CCC(C(C)C)C(OCC(O)CNC(C)c2ccccc2)C1.Cl. The Hall–Kier alpha value is -0.610. The van der Waals surface area contributed by atoms with Gasteiger partial charge in [-0.25, -0.2) is 0 Å². The van der Waals surface area contributed by atoms with Crippen molar-refractivity contribution in [3.05, 3.63) is 35.9 Å². The fourth-order valence-electron chi connectivity index (χ4n) is 3.77. The molecule has 2 N–H and O–H groups in total. The molecule has 5 unspecified atom stereocenters. The molecule has 0 heterocycles. The van der Waals surface area contributed by atoms with Crippen molar-refractivity contribution in [3.63, 3.8) is 0 Å². The summed E-state index contributed by atoms with van der Waals surface area (Å²) in [5.41, 5.74) is 1.24. The predicted molar refractivity (Wildman–Crippen MR) is 107 cm³/mol. The standard InChI is InChI=1S/C21H35NO2.ClH/c1-15(2)20-11-10-16(3)12-21(20)24-14-19(23)13-22-17(4)18-8-6-5-7-9-18;/h5-9,15-17,19-23H,10-14H2,1-4H3;1H. The summed E-state index contributed by atoms with van der Waals surface area (Å²) in [7, 11) is 0. The Morgan fingerprint density at radius 2 is 1.84 bits per heavy atom. The van der Waals surface area contributed by atoms with Crippen molar-refractivity contribution in [1.82, 2.24) is 5.32 Å². The molecule has 0 saturated heterocycles. The largest absolute Gasteiger partial charge is 0.389 e. The lowest BCUT2D eigenvalue weighted by Gasteiger charge is -2.37. The number of nitrogens with one attached hydrogen (secondary N) is 1. The molecule has 0 amide bonds. The summed E-state index contributed by atoms with van der Waals surface area (Å²) in [4.78, 5) is 0. The highest BCUT2D eigenvalue weighted by Crippen LogP contribution is 2.35. The van der Waals surface area contributed by atoms with Gasteiger partial charge in [0.05, 0.1) is 18.8 Å². The van der Waals surface area contributed by atoms with Gasteiger partial charge >= 0.3 is 0 Å². The van der Waals surface area contributed by atoms with Crippen LogP contribution in [0.3, 0.4) is 0 Å². The Kier molecular flexibility index (Phi) is 10.0. The van der Waals surface area contributed by atoms with E-state index in [-0.39, 0.29) is 18.4 Å². The molecule has 1 saturated carbocycles. The Bertz CT molecular complexity index is 468. The van der Waals surface area contributed by atoms with E-state index in [1.54, 1.807) is 0 Å². The van der Waals surface area contributed by atoms with E-state index in [4.69, 9.17) is 4.74 Å². The van der Waals surface area contributed by atoms with Crippen LogP contribution in [-0.2, 0) is 4.74 Å². The zero-order valence-electron chi connectivity index (χ0n) is 16.2. The maximum atomic E-state index is 10.3. The van der Waals surface area contributed by atoms with E-state index < -0.39 is 6.10 Å². The van der Waals surface area contributed by atoms with Crippen molar-refractivity contribution in [2.24, 2.45) is 17.8 Å². The summed E-state index contributed by atoms with van der Waals surface area (Å²) in [6.07, 6.45) is 3.53. The van der Waals surface area contributed by atoms with Gasteiger partial charge < -0.3 is 15.2 Å². The minimum atomic E-state index is -0.457. The van der Waals surface area contributed by atoms with Gasteiger partial charge in [-0.3, -0.25) is 0 Å². The lowest BCUT2D eigenvalue weighted by Crippen LogP contribution is -2.38. The fourth-order valence-corrected chi connectivity index (χ4v) is 3.77. The zero-order chi connectivity index (χ0) is 17.5. The molecule has 0 aromatic heterocycles. The van der Waals surface area contributed by atoms with Crippen LogP contribution in [-0.4, -0.2) is 30.5 Å². The van der Waals surface area contributed by atoms with Gasteiger partial charge in [0.1, 0.15) is 0 Å². The summed E-state index contributed by atoms with van der Waals surface area (Å²) in [6, 6.07) is 10.6. The lowest BCUT2D eigenvalue weighted by molar-refractivity contribution is -0.0685. The predicted octanol–water partition coefficient (Wildman–Crippen LogP) is 4.60. The molecule has 0 spiro atoms. The second-order valence-corrected chi connectivity index (χ2v) is 7.89. The highest BCUT2D eigenvalue weighted by Gasteiger charge is 2.31. The normalized spacial score (nSPS) is 26.1. The van der Waals surface area contributed by atoms with E-state index in [0.29, 0.717) is 31.1 Å². The summed E-state index contributed by atoms with van der Waals surface area (Å²) in [5.74, 6) is 2.01. The molecule has 4 heteroatoms. The van der Waals surface area contributed by atoms with E-state index in [0.717, 1.165) is 12.3 Å². The third-order valence-corrected chi connectivity index (χ3v) is 5.42. The van der Waals surface area contributed by atoms with Gasteiger partial charge in [0.15, 0.2) is 0 Å². The highest BCUT2D eigenvalue weighted by molar-refractivity contribution is 5.85. The molecule has 25 heavy (non-hydrogen) atoms. The first kappa shape index (κ1) is 22.4. The molecule has 0 radical (unpaired) electrons. The number of hydrogen-bond acceptors (Lipinski definition) is 3. The van der Waals surface area contributed by atoms with Crippen LogP contribution in [0.2, 0.25) is 0 Å². The molecule has 2 rings (SSSR count). The van der Waals surface area contributed by atoms with E-state index in [1.807, 2.05) is 18.2 Å². The van der Waals surface area contributed by atoms with Crippen molar-refractivity contribution in [3.8, 4) is 0 Å². The molecule has 3 nitrogen and oxygen atoms in total. The molecule has 144 valence electrons. The smallest absolute Gasteiger partial charge is 0.0898 e. The van der Waals surface area contributed by atoms with Gasteiger partial charge in [-0.05, 0) is 43.1 Å². The van der Waals surface area contributed by atoms with Crippen LogP contribution in [0.5, 0.6) is 0 Å². The van der Waals surface area contributed by atoms with Crippen LogP contribution in [0.4, 0.5) is 0 Å². The van der Waals surface area contributed by atoms with Crippen LogP contribution >= 0.6 is 12.4 Å².